The van der Waals surface area contributed by atoms with Gasteiger partial charge in [0.1, 0.15) is 0 Å². The van der Waals surface area contributed by atoms with E-state index in [4.69, 9.17) is 0 Å². The lowest BCUT2D eigenvalue weighted by atomic mass is 9.84. The summed E-state index contributed by atoms with van der Waals surface area (Å²) in [5.74, 6) is 0. The molecule has 4 heteroatoms. The number of unbranched alkanes of at least 4 members (excludes halogenated alkanes) is 2. The molecule has 0 aromatic heterocycles. The van der Waals surface area contributed by atoms with Gasteiger partial charge in [0.15, 0.2) is 0 Å². The van der Waals surface area contributed by atoms with Crippen molar-refractivity contribution in [2.24, 2.45) is 0 Å². The third kappa shape index (κ3) is 14.9. The predicted molar refractivity (Wildman–Crippen MR) is 419 cm³/mol. The molecule has 0 radical (unpaired) electrons. The smallest absolute Gasteiger partial charge is 0.0541 e. The predicted octanol–water partition coefficient (Wildman–Crippen LogP) is 27.3. The summed E-state index contributed by atoms with van der Waals surface area (Å²) in [7, 11) is 0. The average Bonchev–Trinajstić information content (AvgIpc) is 0.753. The monoisotopic (exact) mass is 1260 g/mol. The highest BCUT2D eigenvalue weighted by molar-refractivity contribution is 6.09. The molecular formula is C92H100N4. The molecule has 0 aliphatic rings. The van der Waals surface area contributed by atoms with E-state index in [1.54, 1.807) is 0 Å². The van der Waals surface area contributed by atoms with Crippen molar-refractivity contribution < 1.29 is 0 Å². The van der Waals surface area contributed by atoms with Gasteiger partial charge in [-0.05, 0) is 233 Å². The van der Waals surface area contributed by atoms with Crippen LogP contribution in [0.3, 0.4) is 0 Å². The number of benzene rings is 12. The number of hydrogen-bond donors (Lipinski definition) is 0. The normalized spacial score (nSPS) is 11.6. The Morgan fingerprint density at radius 2 is 0.479 bits per heavy atom. The Bertz CT molecular complexity index is 4280. The Kier molecular flexibility index (Phi) is 20.6. The summed E-state index contributed by atoms with van der Waals surface area (Å²) < 4.78 is 0. The van der Waals surface area contributed by atoms with E-state index in [0.717, 1.165) is 35.6 Å². The van der Waals surface area contributed by atoms with E-state index in [2.05, 4.69) is 373 Å². The van der Waals surface area contributed by atoms with Crippen molar-refractivity contribution in [2.45, 2.75) is 160 Å². The molecule has 4 nitrogen and oxygen atoms in total. The van der Waals surface area contributed by atoms with Crippen LogP contribution in [0.25, 0.3) is 21.5 Å². The second-order valence-electron chi connectivity index (χ2n) is 28.9. The Hall–Kier alpha value is -9.64. The lowest BCUT2D eigenvalue weighted by Crippen LogP contribution is -2.18. The fourth-order valence-corrected chi connectivity index (χ4v) is 13.6. The summed E-state index contributed by atoms with van der Waals surface area (Å²) in [6.45, 7) is 36.0. The van der Waals surface area contributed by atoms with Crippen molar-refractivity contribution in [3.05, 3.63) is 309 Å². The number of fused-ring (bicyclic) bond motifs is 2. The SMILES string of the molecule is CCCCc1ccc(N(c2ccc(C)cc2)c2ccc(N(c3ccc(C)cc3)c3ccc(CCCC)cc3)c3ccccc23)cc1.Cc1ccc(N(c2c(C)cc(C(C)(C)C)cc2C)c2ccc(N(c3ccc(C)cc3)c3c(C)cc(C(C)(C)C)cc3C)c3ccccc23)cc1. The first-order valence-electron chi connectivity index (χ1n) is 35.0. The van der Waals surface area contributed by atoms with Crippen molar-refractivity contribution in [2.75, 3.05) is 19.6 Å². The molecule has 0 heterocycles. The van der Waals surface area contributed by atoms with Gasteiger partial charge in [-0.15, -0.1) is 0 Å². The Morgan fingerprint density at radius 3 is 0.708 bits per heavy atom. The van der Waals surface area contributed by atoms with Gasteiger partial charge in [0.05, 0.1) is 34.1 Å². The molecule has 0 aliphatic heterocycles. The summed E-state index contributed by atoms with van der Waals surface area (Å²) in [6.07, 6.45) is 7.08. The summed E-state index contributed by atoms with van der Waals surface area (Å²) in [5.41, 5.74) is 29.9. The molecule has 0 amide bonds. The molecule has 96 heavy (non-hydrogen) atoms. The quantitative estimate of drug-likeness (QED) is 0.0849. The first kappa shape index (κ1) is 67.8. The summed E-state index contributed by atoms with van der Waals surface area (Å²) in [5, 5.41) is 4.85. The highest BCUT2D eigenvalue weighted by Gasteiger charge is 2.28. The maximum Gasteiger partial charge on any atom is 0.0541 e. The lowest BCUT2D eigenvalue weighted by Gasteiger charge is -2.34. The molecule has 0 atom stereocenters. The molecule has 12 rings (SSSR count). The van der Waals surface area contributed by atoms with Gasteiger partial charge in [-0.2, -0.15) is 0 Å². The molecule has 0 aliphatic carbocycles. The molecule has 0 fully saturated rings. The van der Waals surface area contributed by atoms with E-state index in [9.17, 15) is 0 Å². The first-order chi connectivity index (χ1) is 46.1. The van der Waals surface area contributed by atoms with Crippen molar-refractivity contribution in [1.82, 2.24) is 0 Å². The van der Waals surface area contributed by atoms with E-state index in [1.807, 2.05) is 0 Å². The summed E-state index contributed by atoms with van der Waals surface area (Å²) in [4.78, 5) is 9.78. The minimum atomic E-state index is 0.0673. The number of rotatable bonds is 18. The maximum absolute atomic E-state index is 2.48. The van der Waals surface area contributed by atoms with Gasteiger partial charge in [-0.1, -0.05) is 236 Å². The second-order valence-corrected chi connectivity index (χ2v) is 28.9. The zero-order chi connectivity index (χ0) is 68.0. The fourth-order valence-electron chi connectivity index (χ4n) is 13.6. The Balaban J connectivity index is 0.000000196. The molecule has 488 valence electrons. The van der Waals surface area contributed by atoms with Gasteiger partial charge in [-0.25, -0.2) is 0 Å². The zero-order valence-electron chi connectivity index (χ0n) is 60.1. The van der Waals surface area contributed by atoms with Gasteiger partial charge in [0.2, 0.25) is 0 Å². The van der Waals surface area contributed by atoms with Crippen molar-refractivity contribution in [3.63, 3.8) is 0 Å². The highest BCUT2D eigenvalue weighted by Crippen LogP contribution is 2.50. The van der Waals surface area contributed by atoms with Crippen molar-refractivity contribution >= 4 is 89.8 Å². The minimum Gasteiger partial charge on any atom is -0.310 e. The van der Waals surface area contributed by atoms with Crippen LogP contribution in [-0.4, -0.2) is 0 Å². The van der Waals surface area contributed by atoms with Crippen LogP contribution in [0.15, 0.2) is 243 Å². The Labute approximate surface area is 575 Å². The average molecular weight is 1260 g/mol. The van der Waals surface area contributed by atoms with E-state index in [0.29, 0.717) is 0 Å². The van der Waals surface area contributed by atoms with E-state index in [-0.39, 0.29) is 10.8 Å². The maximum atomic E-state index is 2.48. The number of anilines is 12. The first-order valence-corrected chi connectivity index (χ1v) is 35.0. The van der Waals surface area contributed by atoms with Crippen LogP contribution in [0.1, 0.15) is 148 Å². The molecule has 0 bridgehead atoms. The van der Waals surface area contributed by atoms with Gasteiger partial charge < -0.3 is 19.6 Å². The molecule has 0 saturated carbocycles. The molecule has 0 spiro atoms. The summed E-state index contributed by atoms with van der Waals surface area (Å²) >= 11 is 0. The molecule has 0 unspecified atom stereocenters. The number of nitrogens with zero attached hydrogens (tertiary/aromatic N) is 4. The van der Waals surface area contributed by atoms with Crippen LogP contribution in [0, 0.1) is 55.4 Å². The third-order valence-corrected chi connectivity index (χ3v) is 19.1. The number of aryl methyl sites for hydroxylation is 10. The van der Waals surface area contributed by atoms with Crippen molar-refractivity contribution in [3.8, 4) is 0 Å². The number of hydrogen-bond acceptors (Lipinski definition) is 4. The van der Waals surface area contributed by atoms with Gasteiger partial charge >= 0.3 is 0 Å². The Morgan fingerprint density at radius 1 is 0.260 bits per heavy atom. The van der Waals surface area contributed by atoms with E-state index < -0.39 is 0 Å². The van der Waals surface area contributed by atoms with Gasteiger partial charge in [0, 0.05) is 55.7 Å². The van der Waals surface area contributed by atoms with Gasteiger partial charge in [-0.3, -0.25) is 0 Å². The van der Waals surface area contributed by atoms with Gasteiger partial charge in [0.25, 0.3) is 0 Å². The molecule has 12 aromatic rings. The van der Waals surface area contributed by atoms with Crippen LogP contribution in [-0.2, 0) is 23.7 Å². The lowest BCUT2D eigenvalue weighted by molar-refractivity contribution is 0.589. The second kappa shape index (κ2) is 29.1. The third-order valence-electron chi connectivity index (χ3n) is 19.1. The standard InChI is InChI=1S/C48H54N2.C44H46N2/c1-31-17-21-39(22-18-31)49(45-33(3)27-37(28-34(45)4)47(7,8)9)43-25-26-44(42-16-14-13-15-41(42)43)50(40-23-19-32(2)20-24-40)46-35(5)29-38(30-36(46)6)48(10,11)12;1-5-7-11-35-19-27-39(28-20-35)45(37-23-15-33(3)16-24-37)43-31-32-44(42-14-10-9-13-41(42)43)46(38-25-17-34(4)18-26-38)40-29-21-36(22-30-40)12-8-6-2/h13-30H,1-12H3;9-10,13-32H,5-8,11-12H2,1-4H3. The van der Waals surface area contributed by atoms with Crippen molar-refractivity contribution in [1.29, 1.82) is 0 Å². The van der Waals surface area contributed by atoms with Crippen LogP contribution in [0.2, 0.25) is 0 Å². The molecule has 0 saturated heterocycles. The zero-order valence-corrected chi connectivity index (χ0v) is 60.1. The topological polar surface area (TPSA) is 13.0 Å². The largest absolute Gasteiger partial charge is 0.310 e. The minimum absolute atomic E-state index is 0.0673. The van der Waals surface area contributed by atoms with E-state index >= 15 is 0 Å². The molecule has 12 aromatic carbocycles. The van der Waals surface area contributed by atoms with Crippen LogP contribution >= 0.6 is 0 Å². The van der Waals surface area contributed by atoms with E-state index in [1.165, 1.54) is 159 Å². The molecular weight excluding hydrogens is 1160 g/mol. The van der Waals surface area contributed by atoms with Crippen LogP contribution < -0.4 is 19.6 Å². The van der Waals surface area contributed by atoms with Crippen LogP contribution in [0.4, 0.5) is 68.2 Å². The fraction of sp³-hybridized carbons (Fsp3) is 0.261. The highest BCUT2D eigenvalue weighted by atomic mass is 15.2. The molecule has 0 N–H and O–H groups in total. The van der Waals surface area contributed by atoms with Crippen LogP contribution in [0.5, 0.6) is 0 Å². The summed E-state index contributed by atoms with van der Waals surface area (Å²) in [6, 6.07) is 90.6.